The number of fused-ring (bicyclic) bond motifs is 1. The highest BCUT2D eigenvalue weighted by Gasteiger charge is 2.23. The highest BCUT2D eigenvalue weighted by Crippen LogP contribution is 2.32. The van der Waals surface area contributed by atoms with Gasteiger partial charge in [-0.15, -0.1) is 10.2 Å². The van der Waals surface area contributed by atoms with E-state index in [0.29, 0.717) is 11.7 Å². The van der Waals surface area contributed by atoms with Crippen molar-refractivity contribution in [2.75, 3.05) is 18.8 Å². The first-order chi connectivity index (χ1) is 15.6. The fourth-order valence-electron chi connectivity index (χ4n) is 4.43. The van der Waals surface area contributed by atoms with E-state index in [4.69, 9.17) is 0 Å². The van der Waals surface area contributed by atoms with Crippen molar-refractivity contribution >= 4 is 28.6 Å². The van der Waals surface area contributed by atoms with Crippen LogP contribution in [0.1, 0.15) is 25.3 Å². The van der Waals surface area contributed by atoms with Gasteiger partial charge in [0.2, 0.25) is 5.91 Å². The van der Waals surface area contributed by atoms with Crippen LogP contribution in [0.25, 0.3) is 28.0 Å². The molecule has 32 heavy (non-hydrogen) atoms. The average Bonchev–Trinajstić information content (AvgIpc) is 3.41. The van der Waals surface area contributed by atoms with Crippen molar-refractivity contribution in [3.63, 3.8) is 0 Å². The smallest absolute Gasteiger partial charge is 0.233 e. The maximum absolute atomic E-state index is 12.9. The second-order valence-electron chi connectivity index (χ2n) is 8.60. The quantitative estimate of drug-likeness (QED) is 0.435. The van der Waals surface area contributed by atoms with Crippen molar-refractivity contribution in [2.24, 2.45) is 5.92 Å². The van der Waals surface area contributed by atoms with Crippen molar-refractivity contribution in [3.05, 3.63) is 60.3 Å². The molecular weight excluding hydrogens is 418 g/mol. The number of hydrogen-bond donors (Lipinski definition) is 1. The van der Waals surface area contributed by atoms with E-state index < -0.39 is 0 Å². The first-order valence-electron chi connectivity index (χ1n) is 11.1. The van der Waals surface area contributed by atoms with E-state index in [1.165, 1.54) is 18.2 Å². The van der Waals surface area contributed by atoms with Crippen LogP contribution in [-0.4, -0.2) is 49.4 Å². The number of hydrogen-bond acceptors (Lipinski definition) is 4. The van der Waals surface area contributed by atoms with Crippen LogP contribution in [0.4, 0.5) is 0 Å². The molecule has 0 saturated carbocycles. The van der Waals surface area contributed by atoms with Crippen molar-refractivity contribution in [1.82, 2.24) is 24.6 Å². The molecule has 1 aliphatic rings. The molecule has 0 aliphatic carbocycles. The zero-order chi connectivity index (χ0) is 22.1. The highest BCUT2D eigenvalue weighted by atomic mass is 32.2. The van der Waals surface area contributed by atoms with Crippen LogP contribution < -0.4 is 0 Å². The number of thioether (sulfide) groups is 1. The van der Waals surface area contributed by atoms with Gasteiger partial charge in [0.25, 0.3) is 0 Å². The van der Waals surface area contributed by atoms with Gasteiger partial charge in [-0.2, -0.15) is 0 Å². The molecule has 1 amide bonds. The van der Waals surface area contributed by atoms with Gasteiger partial charge >= 0.3 is 0 Å². The summed E-state index contributed by atoms with van der Waals surface area (Å²) in [5.74, 6) is 1.88. The van der Waals surface area contributed by atoms with Crippen LogP contribution in [0.5, 0.6) is 0 Å². The van der Waals surface area contributed by atoms with Crippen LogP contribution in [0.2, 0.25) is 0 Å². The number of aromatic amines is 1. The molecule has 3 heterocycles. The van der Waals surface area contributed by atoms with Crippen LogP contribution in [0, 0.1) is 12.8 Å². The second kappa shape index (κ2) is 8.82. The molecule has 7 heteroatoms. The Labute approximate surface area is 192 Å². The number of amides is 1. The van der Waals surface area contributed by atoms with Crippen LogP contribution in [0.15, 0.2) is 59.9 Å². The molecule has 5 rings (SSSR count). The molecule has 0 radical (unpaired) electrons. The standard InChI is InChI=1S/C25H27N5OS/c1-17-7-5-9-19(13-17)30-24(21-14-26-22-11-4-3-10-20(21)22)27-28-25(30)32-16-23(31)29-12-6-8-18(2)15-29/h3-5,7,9-11,13-14,18,26H,6,8,12,15-16H2,1-2H3. The molecule has 2 aromatic heterocycles. The maximum atomic E-state index is 12.9. The van der Waals surface area contributed by atoms with Crippen molar-refractivity contribution in [1.29, 1.82) is 0 Å². The van der Waals surface area contributed by atoms with Crippen molar-refractivity contribution in [2.45, 2.75) is 31.8 Å². The zero-order valence-corrected chi connectivity index (χ0v) is 19.2. The van der Waals surface area contributed by atoms with Gasteiger partial charge < -0.3 is 9.88 Å². The summed E-state index contributed by atoms with van der Waals surface area (Å²) in [4.78, 5) is 18.2. The van der Waals surface area contributed by atoms with Crippen LogP contribution >= 0.6 is 11.8 Å². The minimum Gasteiger partial charge on any atom is -0.360 e. The molecule has 1 unspecified atom stereocenters. The minimum atomic E-state index is 0.175. The number of aryl methyl sites for hydroxylation is 1. The predicted molar refractivity (Wildman–Crippen MR) is 129 cm³/mol. The lowest BCUT2D eigenvalue weighted by molar-refractivity contribution is -0.130. The van der Waals surface area contributed by atoms with E-state index in [1.54, 1.807) is 0 Å². The molecule has 164 valence electrons. The number of nitrogens with one attached hydrogen (secondary N) is 1. The van der Waals surface area contributed by atoms with E-state index in [-0.39, 0.29) is 5.91 Å². The van der Waals surface area contributed by atoms with E-state index in [0.717, 1.165) is 58.2 Å². The van der Waals surface area contributed by atoms with Gasteiger partial charge in [-0.05, 0) is 49.4 Å². The largest absolute Gasteiger partial charge is 0.360 e. The molecule has 4 aromatic rings. The molecule has 1 saturated heterocycles. The minimum absolute atomic E-state index is 0.175. The lowest BCUT2D eigenvalue weighted by Crippen LogP contribution is -2.40. The highest BCUT2D eigenvalue weighted by molar-refractivity contribution is 7.99. The molecular formula is C25H27N5OS. The third kappa shape index (κ3) is 4.05. The summed E-state index contributed by atoms with van der Waals surface area (Å²) in [6, 6.07) is 16.5. The number of carbonyl (C=O) groups is 1. The summed E-state index contributed by atoms with van der Waals surface area (Å²) in [6.45, 7) is 6.00. The molecule has 0 bridgehead atoms. The number of nitrogens with zero attached hydrogens (tertiary/aromatic N) is 4. The normalized spacial score (nSPS) is 16.6. The number of aromatic nitrogens is 4. The Hall–Kier alpha value is -3.06. The Morgan fingerprint density at radius 2 is 2.06 bits per heavy atom. The first-order valence-corrected chi connectivity index (χ1v) is 12.1. The summed E-state index contributed by atoms with van der Waals surface area (Å²) in [7, 11) is 0. The maximum Gasteiger partial charge on any atom is 0.233 e. The van der Waals surface area contributed by atoms with E-state index in [1.807, 2.05) is 29.3 Å². The fraction of sp³-hybridized carbons (Fsp3) is 0.320. The molecule has 1 N–H and O–H groups in total. The van der Waals surface area contributed by atoms with Crippen molar-refractivity contribution < 1.29 is 4.79 Å². The van der Waals surface area contributed by atoms with Gasteiger partial charge in [0.15, 0.2) is 11.0 Å². The summed E-state index contributed by atoms with van der Waals surface area (Å²) >= 11 is 1.46. The third-order valence-electron chi connectivity index (χ3n) is 6.06. The molecule has 1 fully saturated rings. The topological polar surface area (TPSA) is 66.8 Å². The van der Waals surface area contributed by atoms with Crippen LogP contribution in [0.3, 0.4) is 0 Å². The van der Waals surface area contributed by atoms with Gasteiger partial charge in [0.1, 0.15) is 0 Å². The number of rotatable bonds is 5. The second-order valence-corrected chi connectivity index (χ2v) is 9.55. The molecule has 6 nitrogen and oxygen atoms in total. The Balaban J connectivity index is 1.50. The van der Waals surface area contributed by atoms with Crippen LogP contribution in [-0.2, 0) is 4.79 Å². The Morgan fingerprint density at radius 1 is 1.19 bits per heavy atom. The summed E-state index contributed by atoms with van der Waals surface area (Å²) in [6.07, 6.45) is 4.27. The lowest BCUT2D eigenvalue weighted by atomic mass is 10.0. The number of carbonyl (C=O) groups excluding carboxylic acids is 1. The molecule has 2 aromatic carbocycles. The summed E-state index contributed by atoms with van der Waals surface area (Å²) in [5.41, 5.74) is 4.22. The van der Waals surface area contributed by atoms with Gasteiger partial charge in [-0.25, -0.2) is 0 Å². The number of piperidine rings is 1. The summed E-state index contributed by atoms with van der Waals surface area (Å²) in [5, 5.41) is 10.9. The van der Waals surface area contributed by atoms with E-state index in [9.17, 15) is 4.79 Å². The fourth-order valence-corrected chi connectivity index (χ4v) is 5.28. The van der Waals surface area contributed by atoms with Crippen molar-refractivity contribution in [3.8, 4) is 17.1 Å². The third-order valence-corrected chi connectivity index (χ3v) is 6.97. The van der Waals surface area contributed by atoms with E-state index >= 15 is 0 Å². The SMILES string of the molecule is Cc1cccc(-n2c(SCC(=O)N3CCCC(C)C3)nnc2-c2c[nH]c3ccccc23)c1. The Kier molecular flexibility index (Phi) is 5.74. The van der Waals surface area contributed by atoms with Gasteiger partial charge in [-0.3, -0.25) is 9.36 Å². The molecule has 1 atom stereocenters. The number of benzene rings is 2. The molecule has 0 spiro atoms. The number of likely N-dealkylation sites (tertiary alicyclic amines) is 1. The Morgan fingerprint density at radius 3 is 2.91 bits per heavy atom. The Bertz CT molecular complexity index is 1260. The van der Waals surface area contributed by atoms with E-state index in [2.05, 4.69) is 63.9 Å². The van der Waals surface area contributed by atoms with Gasteiger partial charge in [0.05, 0.1) is 5.75 Å². The first kappa shape index (κ1) is 20.8. The average molecular weight is 446 g/mol. The van der Waals surface area contributed by atoms with Gasteiger partial charge in [-0.1, -0.05) is 49.0 Å². The number of H-pyrrole nitrogens is 1. The molecule has 1 aliphatic heterocycles. The van der Waals surface area contributed by atoms with Gasteiger partial charge in [0, 0.05) is 41.4 Å². The number of para-hydroxylation sites is 1. The predicted octanol–water partition coefficient (Wildman–Crippen LogP) is 5.07. The summed E-state index contributed by atoms with van der Waals surface area (Å²) < 4.78 is 2.07. The monoisotopic (exact) mass is 445 g/mol. The lowest BCUT2D eigenvalue weighted by Gasteiger charge is -2.30. The zero-order valence-electron chi connectivity index (χ0n) is 18.4.